The van der Waals surface area contributed by atoms with E-state index in [2.05, 4.69) is 5.32 Å². The molecule has 8 heteroatoms. The molecular weight excluding hydrogens is 407 g/mol. The van der Waals surface area contributed by atoms with Crippen LogP contribution in [0.1, 0.15) is 40.9 Å². The number of sulfonamides is 1. The highest BCUT2D eigenvalue weighted by atomic mass is 32.2. The molecule has 0 unspecified atom stereocenters. The molecular formula is C22H23FN2O4S. The Kier molecular flexibility index (Phi) is 5.38. The van der Waals surface area contributed by atoms with Crippen molar-refractivity contribution < 1.29 is 22.0 Å². The topological polar surface area (TPSA) is 79.6 Å². The number of carbonyl (C=O) groups is 1. The highest BCUT2D eigenvalue weighted by Crippen LogP contribution is 2.29. The highest BCUT2D eigenvalue weighted by Gasteiger charge is 2.27. The molecule has 0 aliphatic carbocycles. The molecule has 2 heterocycles. The van der Waals surface area contributed by atoms with Crippen LogP contribution in [0.25, 0.3) is 11.0 Å². The van der Waals surface area contributed by atoms with Gasteiger partial charge in [0.25, 0.3) is 5.91 Å². The molecule has 0 radical (unpaired) electrons. The normalized spacial score (nSPS) is 15.4. The van der Waals surface area contributed by atoms with E-state index in [0.29, 0.717) is 35.3 Å². The molecule has 1 amide bonds. The van der Waals surface area contributed by atoms with Crippen molar-refractivity contribution in [1.82, 2.24) is 4.31 Å². The van der Waals surface area contributed by atoms with Crippen molar-refractivity contribution in [3.63, 3.8) is 0 Å². The Hall–Kier alpha value is -2.71. The summed E-state index contributed by atoms with van der Waals surface area (Å²) in [4.78, 5) is 13.0. The first kappa shape index (κ1) is 20.6. The van der Waals surface area contributed by atoms with Gasteiger partial charge in [-0.1, -0.05) is 24.6 Å². The number of fused-ring (bicyclic) bond motifs is 1. The lowest BCUT2D eigenvalue weighted by molar-refractivity contribution is 0.0997. The van der Waals surface area contributed by atoms with E-state index in [1.807, 2.05) is 0 Å². The summed E-state index contributed by atoms with van der Waals surface area (Å²) in [6.07, 6.45) is 2.71. The molecule has 6 nitrogen and oxygen atoms in total. The van der Waals surface area contributed by atoms with Crippen molar-refractivity contribution in [1.29, 1.82) is 0 Å². The maximum absolute atomic E-state index is 14.0. The number of piperidine rings is 1. The van der Waals surface area contributed by atoms with Crippen LogP contribution in [-0.4, -0.2) is 31.7 Å². The lowest BCUT2D eigenvalue weighted by Gasteiger charge is -2.26. The molecule has 1 aliphatic heterocycles. The van der Waals surface area contributed by atoms with E-state index in [0.717, 1.165) is 19.3 Å². The van der Waals surface area contributed by atoms with Gasteiger partial charge in [0.2, 0.25) is 10.0 Å². The van der Waals surface area contributed by atoms with Gasteiger partial charge in [-0.05, 0) is 50.5 Å². The second kappa shape index (κ2) is 7.85. The minimum absolute atomic E-state index is 0.00112. The van der Waals surface area contributed by atoms with Crippen molar-refractivity contribution in [3.8, 4) is 0 Å². The molecule has 1 N–H and O–H groups in total. The molecule has 0 atom stereocenters. The largest absolute Gasteiger partial charge is 0.448 e. The number of rotatable bonds is 4. The summed E-state index contributed by atoms with van der Waals surface area (Å²) in [5.74, 6) is -1.10. The molecule has 4 rings (SSSR count). The first-order chi connectivity index (χ1) is 14.3. The van der Waals surface area contributed by atoms with Gasteiger partial charge in [0.1, 0.15) is 0 Å². The second-order valence-corrected chi connectivity index (χ2v) is 9.51. The van der Waals surface area contributed by atoms with Crippen molar-refractivity contribution in [2.24, 2.45) is 0 Å². The minimum atomic E-state index is -3.63. The summed E-state index contributed by atoms with van der Waals surface area (Å²) < 4.78 is 46.9. The third-order valence-corrected chi connectivity index (χ3v) is 7.43. The van der Waals surface area contributed by atoms with Crippen LogP contribution in [0.3, 0.4) is 0 Å². The van der Waals surface area contributed by atoms with Gasteiger partial charge >= 0.3 is 0 Å². The van der Waals surface area contributed by atoms with Crippen LogP contribution in [0.5, 0.6) is 0 Å². The Morgan fingerprint density at radius 2 is 1.83 bits per heavy atom. The van der Waals surface area contributed by atoms with E-state index >= 15 is 0 Å². The van der Waals surface area contributed by atoms with Gasteiger partial charge in [0, 0.05) is 29.7 Å². The summed E-state index contributed by atoms with van der Waals surface area (Å²) in [5, 5.41) is 3.25. The zero-order valence-electron chi connectivity index (χ0n) is 16.9. The minimum Gasteiger partial charge on any atom is -0.448 e. The molecule has 158 valence electrons. The fourth-order valence-corrected chi connectivity index (χ4v) is 5.30. The third kappa shape index (κ3) is 3.61. The van der Waals surface area contributed by atoms with E-state index < -0.39 is 21.7 Å². The monoisotopic (exact) mass is 430 g/mol. The van der Waals surface area contributed by atoms with Crippen LogP contribution in [0.2, 0.25) is 0 Å². The number of halogens is 1. The maximum Gasteiger partial charge on any atom is 0.291 e. The summed E-state index contributed by atoms with van der Waals surface area (Å²) >= 11 is 0. The quantitative estimate of drug-likeness (QED) is 0.655. The Balaban J connectivity index is 1.65. The molecule has 0 bridgehead atoms. The predicted molar refractivity (Wildman–Crippen MR) is 113 cm³/mol. The molecule has 1 aromatic heterocycles. The van der Waals surface area contributed by atoms with Gasteiger partial charge in [0.15, 0.2) is 17.2 Å². The fraction of sp³-hybridized carbons (Fsp3) is 0.318. The van der Waals surface area contributed by atoms with Crippen molar-refractivity contribution in [2.45, 2.75) is 38.0 Å². The number of nitrogens with one attached hydrogen (secondary N) is 1. The maximum atomic E-state index is 14.0. The number of anilines is 1. The smallest absolute Gasteiger partial charge is 0.291 e. The average molecular weight is 431 g/mol. The molecule has 3 aromatic rings. The summed E-state index contributed by atoms with van der Waals surface area (Å²) in [7, 11) is -3.63. The van der Waals surface area contributed by atoms with Crippen LogP contribution in [0.4, 0.5) is 10.1 Å². The summed E-state index contributed by atoms with van der Waals surface area (Å²) in [5.41, 5.74) is 1.63. The van der Waals surface area contributed by atoms with E-state index in [1.165, 1.54) is 16.4 Å². The molecule has 1 fully saturated rings. The van der Waals surface area contributed by atoms with Gasteiger partial charge in [-0.2, -0.15) is 4.31 Å². The number of amides is 1. The van der Waals surface area contributed by atoms with Crippen LogP contribution in [-0.2, 0) is 10.0 Å². The molecule has 1 aliphatic rings. The summed E-state index contributed by atoms with van der Waals surface area (Å²) in [6, 6.07) is 9.20. The Bertz CT molecular complexity index is 1230. The van der Waals surface area contributed by atoms with E-state index in [1.54, 1.807) is 38.1 Å². The van der Waals surface area contributed by atoms with E-state index in [4.69, 9.17) is 4.42 Å². The lowest BCUT2D eigenvalue weighted by atomic mass is 10.1. The van der Waals surface area contributed by atoms with E-state index in [-0.39, 0.29) is 16.2 Å². The Morgan fingerprint density at radius 3 is 2.53 bits per heavy atom. The molecule has 0 saturated carbocycles. The Morgan fingerprint density at radius 1 is 1.10 bits per heavy atom. The lowest BCUT2D eigenvalue weighted by Crippen LogP contribution is -2.35. The highest BCUT2D eigenvalue weighted by molar-refractivity contribution is 7.89. The summed E-state index contributed by atoms with van der Waals surface area (Å²) in [6.45, 7) is 4.46. The number of benzene rings is 2. The van der Waals surface area contributed by atoms with Crippen molar-refractivity contribution in [2.75, 3.05) is 18.4 Å². The van der Waals surface area contributed by atoms with Crippen LogP contribution in [0, 0.1) is 19.7 Å². The molecule has 30 heavy (non-hydrogen) atoms. The number of nitrogens with zero attached hydrogens (tertiary/aromatic N) is 1. The number of furan rings is 1. The van der Waals surface area contributed by atoms with Crippen LogP contribution in [0.15, 0.2) is 45.7 Å². The van der Waals surface area contributed by atoms with Gasteiger partial charge in [-0.15, -0.1) is 0 Å². The number of carbonyl (C=O) groups excluding carboxylic acids is 1. The van der Waals surface area contributed by atoms with Gasteiger partial charge in [-0.3, -0.25) is 4.79 Å². The fourth-order valence-electron chi connectivity index (χ4n) is 3.76. The average Bonchev–Trinajstić information content (AvgIpc) is 3.08. The van der Waals surface area contributed by atoms with Crippen molar-refractivity contribution in [3.05, 3.63) is 59.1 Å². The number of aryl methyl sites for hydroxylation is 2. The van der Waals surface area contributed by atoms with E-state index in [9.17, 15) is 17.6 Å². The molecule has 2 aromatic carbocycles. The number of hydrogen-bond donors (Lipinski definition) is 1. The first-order valence-electron chi connectivity index (χ1n) is 9.89. The first-order valence-corrected chi connectivity index (χ1v) is 11.3. The third-order valence-electron chi connectivity index (χ3n) is 5.53. The van der Waals surface area contributed by atoms with Crippen LogP contribution < -0.4 is 5.32 Å². The zero-order chi connectivity index (χ0) is 21.5. The standard InChI is InChI=1S/C22H23FN2O4S/c1-14-9-10-16(30(27,28)25-11-4-3-5-12-25)13-19(14)24-22(26)20-15(2)17-7-6-8-18(23)21(17)29-20/h6-10,13H,3-5,11-12H2,1-2H3,(H,24,26). The van der Waals surface area contributed by atoms with Gasteiger partial charge in [0.05, 0.1) is 4.90 Å². The molecule has 1 saturated heterocycles. The molecule has 0 spiro atoms. The second-order valence-electron chi connectivity index (χ2n) is 7.57. The van der Waals surface area contributed by atoms with Gasteiger partial charge < -0.3 is 9.73 Å². The Labute approximate surface area is 174 Å². The number of para-hydroxylation sites is 1. The zero-order valence-corrected chi connectivity index (χ0v) is 17.7. The van der Waals surface area contributed by atoms with Crippen LogP contribution >= 0.6 is 0 Å². The van der Waals surface area contributed by atoms with Crippen molar-refractivity contribution >= 4 is 32.6 Å². The SMILES string of the molecule is Cc1ccc(S(=O)(=O)N2CCCCC2)cc1NC(=O)c1oc2c(F)cccc2c1C. The van der Waals surface area contributed by atoms with Gasteiger partial charge in [-0.25, -0.2) is 12.8 Å². The predicted octanol–water partition coefficient (Wildman–Crippen LogP) is 4.62. The number of hydrogen-bond acceptors (Lipinski definition) is 4.